The van der Waals surface area contributed by atoms with Crippen LogP contribution in [0.15, 0.2) is 69.9 Å². The summed E-state index contributed by atoms with van der Waals surface area (Å²) in [6, 6.07) is 14.4. The van der Waals surface area contributed by atoms with Gasteiger partial charge in [0.1, 0.15) is 0 Å². The molecule has 0 amide bonds. The molecule has 1 aliphatic carbocycles. The Labute approximate surface area is 160 Å². The van der Waals surface area contributed by atoms with E-state index in [1.807, 2.05) is 12.1 Å². The van der Waals surface area contributed by atoms with E-state index in [1.165, 1.54) is 4.88 Å². The number of anilines is 2. The first-order valence-corrected chi connectivity index (χ1v) is 10.6. The second-order valence-electron chi connectivity index (χ2n) is 6.74. The topological polar surface area (TPSA) is 41.1 Å². The zero-order valence-corrected chi connectivity index (χ0v) is 15.7. The standard InChI is InChI=1S/C21H18N2OS2/c24-18-11-14(19-6-3-8-26-19)10-17-20(18)21(13-7-9-25-12-13)23-16-5-2-1-4-15(16)22-17/h1-9,12,14,21-23H,10-11H2/t14-,21+/m1/s1. The third kappa shape index (κ3) is 2.68. The van der Waals surface area contributed by atoms with Crippen molar-refractivity contribution in [2.24, 2.45) is 0 Å². The second kappa shape index (κ2) is 6.41. The van der Waals surface area contributed by atoms with Gasteiger partial charge >= 0.3 is 0 Å². The van der Waals surface area contributed by atoms with Crippen molar-refractivity contribution in [3.05, 3.63) is 80.3 Å². The molecule has 1 aromatic carbocycles. The molecule has 3 aromatic rings. The van der Waals surface area contributed by atoms with Crippen LogP contribution in [0.3, 0.4) is 0 Å². The zero-order chi connectivity index (χ0) is 17.5. The van der Waals surface area contributed by atoms with E-state index in [1.54, 1.807) is 22.7 Å². The van der Waals surface area contributed by atoms with Crippen molar-refractivity contribution < 1.29 is 4.79 Å². The molecule has 3 heterocycles. The van der Waals surface area contributed by atoms with Gasteiger partial charge in [0.25, 0.3) is 0 Å². The van der Waals surface area contributed by atoms with E-state index in [0.29, 0.717) is 6.42 Å². The van der Waals surface area contributed by atoms with Crippen molar-refractivity contribution in [1.29, 1.82) is 0 Å². The number of Topliss-reactive ketones (excluding diaryl/α,β-unsaturated/α-hetero) is 1. The number of thiophene rings is 2. The molecule has 0 unspecified atom stereocenters. The van der Waals surface area contributed by atoms with E-state index >= 15 is 0 Å². The number of allylic oxidation sites excluding steroid dienone is 1. The maximum Gasteiger partial charge on any atom is 0.163 e. The predicted octanol–water partition coefficient (Wildman–Crippen LogP) is 5.79. The Kier molecular flexibility index (Phi) is 3.91. The first-order chi connectivity index (χ1) is 12.8. The lowest BCUT2D eigenvalue weighted by Crippen LogP contribution is -2.26. The smallest absolute Gasteiger partial charge is 0.163 e. The predicted molar refractivity (Wildman–Crippen MR) is 109 cm³/mol. The van der Waals surface area contributed by atoms with Gasteiger partial charge in [-0.25, -0.2) is 0 Å². The van der Waals surface area contributed by atoms with Gasteiger partial charge in [0.15, 0.2) is 5.78 Å². The van der Waals surface area contributed by atoms with Crippen molar-refractivity contribution in [3.8, 4) is 0 Å². The monoisotopic (exact) mass is 378 g/mol. The van der Waals surface area contributed by atoms with Gasteiger partial charge in [-0.2, -0.15) is 11.3 Å². The molecule has 26 heavy (non-hydrogen) atoms. The third-order valence-electron chi connectivity index (χ3n) is 5.13. The van der Waals surface area contributed by atoms with Crippen LogP contribution in [-0.2, 0) is 4.79 Å². The molecule has 1 aliphatic heterocycles. The van der Waals surface area contributed by atoms with Crippen molar-refractivity contribution >= 4 is 39.8 Å². The van der Waals surface area contributed by atoms with E-state index in [9.17, 15) is 4.79 Å². The Hall–Kier alpha value is -2.37. The Bertz CT molecular complexity index is 973. The van der Waals surface area contributed by atoms with Gasteiger partial charge in [-0.3, -0.25) is 4.79 Å². The summed E-state index contributed by atoms with van der Waals surface area (Å²) in [6.07, 6.45) is 1.46. The van der Waals surface area contributed by atoms with E-state index in [2.05, 4.69) is 57.1 Å². The number of nitrogens with one attached hydrogen (secondary N) is 2. The van der Waals surface area contributed by atoms with E-state index in [-0.39, 0.29) is 17.7 Å². The highest BCUT2D eigenvalue weighted by atomic mass is 32.1. The largest absolute Gasteiger partial charge is 0.372 e. The fourth-order valence-electron chi connectivity index (χ4n) is 3.91. The van der Waals surface area contributed by atoms with Crippen LogP contribution in [0.1, 0.15) is 35.2 Å². The molecule has 0 radical (unpaired) electrons. The molecule has 2 atom stereocenters. The first kappa shape index (κ1) is 15.9. The number of carbonyl (C=O) groups is 1. The molecule has 0 saturated heterocycles. The average molecular weight is 379 g/mol. The Morgan fingerprint density at radius 3 is 2.62 bits per heavy atom. The summed E-state index contributed by atoms with van der Waals surface area (Å²) in [5, 5.41) is 13.5. The molecule has 0 saturated carbocycles. The van der Waals surface area contributed by atoms with Gasteiger partial charge in [-0.1, -0.05) is 18.2 Å². The Balaban J connectivity index is 1.62. The third-order valence-corrected chi connectivity index (χ3v) is 6.87. The normalized spacial score (nSPS) is 22.1. The van der Waals surface area contributed by atoms with Gasteiger partial charge in [0.2, 0.25) is 0 Å². The number of hydrogen-bond donors (Lipinski definition) is 2. The highest BCUT2D eigenvalue weighted by molar-refractivity contribution is 7.10. The van der Waals surface area contributed by atoms with Gasteiger partial charge in [-0.15, -0.1) is 11.3 Å². The van der Waals surface area contributed by atoms with Crippen molar-refractivity contribution in [1.82, 2.24) is 0 Å². The summed E-state index contributed by atoms with van der Waals surface area (Å²) in [5.41, 5.74) is 5.19. The molecule has 2 aromatic heterocycles. The summed E-state index contributed by atoms with van der Waals surface area (Å²) < 4.78 is 0. The molecule has 3 nitrogen and oxygen atoms in total. The maximum absolute atomic E-state index is 13.2. The molecule has 5 heteroatoms. The molecule has 2 aliphatic rings. The van der Waals surface area contributed by atoms with Gasteiger partial charge in [0, 0.05) is 28.5 Å². The summed E-state index contributed by atoms with van der Waals surface area (Å²) in [7, 11) is 0. The van der Waals surface area contributed by atoms with Gasteiger partial charge in [-0.05, 0) is 52.4 Å². The number of rotatable bonds is 2. The van der Waals surface area contributed by atoms with E-state index < -0.39 is 0 Å². The zero-order valence-electron chi connectivity index (χ0n) is 14.1. The van der Waals surface area contributed by atoms with Gasteiger partial charge in [0.05, 0.1) is 17.4 Å². The lowest BCUT2D eigenvalue weighted by atomic mass is 9.81. The minimum absolute atomic E-state index is 0.0933. The summed E-state index contributed by atoms with van der Waals surface area (Å²) >= 11 is 3.41. The highest BCUT2D eigenvalue weighted by Gasteiger charge is 2.36. The quantitative estimate of drug-likeness (QED) is 0.593. The van der Waals surface area contributed by atoms with Crippen LogP contribution < -0.4 is 10.6 Å². The average Bonchev–Trinajstić information content (AvgIpc) is 3.33. The van der Waals surface area contributed by atoms with Gasteiger partial charge < -0.3 is 10.6 Å². The van der Waals surface area contributed by atoms with Crippen LogP contribution in [-0.4, -0.2) is 5.78 Å². The Morgan fingerprint density at radius 1 is 0.962 bits per heavy atom. The van der Waals surface area contributed by atoms with Crippen LogP contribution in [0.4, 0.5) is 11.4 Å². The minimum atomic E-state index is -0.0933. The van der Waals surface area contributed by atoms with E-state index in [0.717, 1.165) is 34.6 Å². The van der Waals surface area contributed by atoms with Crippen LogP contribution in [0.5, 0.6) is 0 Å². The highest BCUT2D eigenvalue weighted by Crippen LogP contribution is 2.45. The second-order valence-corrected chi connectivity index (χ2v) is 8.50. The summed E-state index contributed by atoms with van der Waals surface area (Å²) in [4.78, 5) is 14.5. The van der Waals surface area contributed by atoms with E-state index in [4.69, 9.17) is 0 Å². The number of fused-ring (bicyclic) bond motifs is 1. The number of ketones is 1. The molecular weight excluding hydrogens is 360 g/mol. The molecule has 0 bridgehead atoms. The maximum atomic E-state index is 13.2. The summed E-state index contributed by atoms with van der Waals surface area (Å²) in [6.45, 7) is 0. The number of hydrogen-bond acceptors (Lipinski definition) is 5. The SMILES string of the molecule is O=C1C[C@H](c2cccs2)CC2=C1[C@H](c1ccsc1)Nc1ccccc1N2. The number of carbonyl (C=O) groups excluding carboxylic acids is 1. The molecule has 5 rings (SSSR count). The number of benzene rings is 1. The lowest BCUT2D eigenvalue weighted by Gasteiger charge is -2.28. The van der Waals surface area contributed by atoms with Crippen LogP contribution in [0.2, 0.25) is 0 Å². The Morgan fingerprint density at radius 2 is 1.85 bits per heavy atom. The molecule has 2 N–H and O–H groups in total. The fraction of sp³-hybridized carbons (Fsp3) is 0.190. The lowest BCUT2D eigenvalue weighted by molar-refractivity contribution is -0.116. The summed E-state index contributed by atoms with van der Waals surface area (Å²) in [5.74, 6) is 0.510. The minimum Gasteiger partial charge on any atom is -0.372 e. The van der Waals surface area contributed by atoms with Crippen LogP contribution in [0, 0.1) is 0 Å². The molecule has 0 spiro atoms. The van der Waals surface area contributed by atoms with Crippen molar-refractivity contribution in [3.63, 3.8) is 0 Å². The fourth-order valence-corrected chi connectivity index (χ4v) is 5.42. The van der Waals surface area contributed by atoms with Crippen molar-refractivity contribution in [2.45, 2.75) is 24.8 Å². The molecule has 0 fully saturated rings. The van der Waals surface area contributed by atoms with Crippen LogP contribution >= 0.6 is 22.7 Å². The first-order valence-electron chi connectivity index (χ1n) is 8.74. The molecular formula is C21H18N2OS2. The van der Waals surface area contributed by atoms with Crippen LogP contribution in [0.25, 0.3) is 0 Å². The molecule has 130 valence electrons. The van der Waals surface area contributed by atoms with Crippen molar-refractivity contribution in [2.75, 3.05) is 10.6 Å². The number of para-hydroxylation sites is 2.